The molecule has 7 nitrogen and oxygen atoms in total. The summed E-state index contributed by atoms with van der Waals surface area (Å²) < 4.78 is 11.1. The predicted molar refractivity (Wildman–Crippen MR) is 123 cm³/mol. The first-order chi connectivity index (χ1) is 15.4. The summed E-state index contributed by atoms with van der Waals surface area (Å²) >= 11 is 0. The highest BCUT2D eigenvalue weighted by Crippen LogP contribution is 2.26. The maximum atomic E-state index is 12.9. The molecule has 2 amide bonds. The summed E-state index contributed by atoms with van der Waals surface area (Å²) in [7, 11) is 3.16. The number of carbonyl (C=O) groups is 2. The quantitative estimate of drug-likeness (QED) is 0.581. The number of hydrogen-bond acceptors (Lipinski definition) is 5. The molecular weight excluding hydrogens is 406 g/mol. The van der Waals surface area contributed by atoms with Crippen LogP contribution in [0.2, 0.25) is 0 Å². The zero-order chi connectivity index (χ0) is 23.1. The summed E-state index contributed by atoms with van der Waals surface area (Å²) in [5.74, 6) is 0.850. The Bertz CT molecular complexity index is 1080. The largest absolute Gasteiger partial charge is 0.497 e. The monoisotopic (exact) mass is 433 g/mol. The molecule has 0 spiro atoms. The first-order valence-corrected chi connectivity index (χ1v) is 10.2. The van der Waals surface area contributed by atoms with Crippen molar-refractivity contribution in [3.05, 3.63) is 83.2 Å². The van der Waals surface area contributed by atoms with Gasteiger partial charge in [0, 0.05) is 42.3 Å². The Morgan fingerprint density at radius 2 is 1.81 bits per heavy atom. The maximum absolute atomic E-state index is 12.9. The number of anilines is 1. The van der Waals surface area contributed by atoms with E-state index in [9.17, 15) is 9.59 Å². The minimum absolute atomic E-state index is 0.0760. The fourth-order valence-corrected chi connectivity index (χ4v) is 3.35. The molecule has 0 unspecified atom stereocenters. The van der Waals surface area contributed by atoms with Gasteiger partial charge >= 0.3 is 0 Å². The fraction of sp³-hybridized carbons (Fsp3) is 0.240. The van der Waals surface area contributed by atoms with Crippen LogP contribution in [0.25, 0.3) is 0 Å². The van der Waals surface area contributed by atoms with Crippen molar-refractivity contribution in [2.24, 2.45) is 0 Å². The lowest BCUT2D eigenvalue weighted by atomic mass is 10.0. The van der Waals surface area contributed by atoms with E-state index in [1.165, 1.54) is 4.90 Å². The first kappa shape index (κ1) is 22.8. The van der Waals surface area contributed by atoms with Crippen molar-refractivity contribution in [3.8, 4) is 11.5 Å². The minimum atomic E-state index is -0.293. The third kappa shape index (κ3) is 5.85. The van der Waals surface area contributed by atoms with Crippen molar-refractivity contribution < 1.29 is 19.1 Å². The number of hydrogen-bond donors (Lipinski definition) is 1. The van der Waals surface area contributed by atoms with Gasteiger partial charge in [-0.15, -0.1) is 0 Å². The number of nitrogens with zero attached hydrogens (tertiary/aromatic N) is 2. The van der Waals surface area contributed by atoms with Crippen LogP contribution in [0.15, 0.2) is 60.9 Å². The van der Waals surface area contributed by atoms with E-state index in [2.05, 4.69) is 10.3 Å². The average Bonchev–Trinajstić information content (AvgIpc) is 2.78. The summed E-state index contributed by atoms with van der Waals surface area (Å²) in [5, 5.41) is 2.78. The molecule has 0 bridgehead atoms. The van der Waals surface area contributed by atoms with Gasteiger partial charge in [-0.1, -0.05) is 12.1 Å². The molecule has 0 aliphatic carbocycles. The van der Waals surface area contributed by atoms with Gasteiger partial charge in [0.05, 0.1) is 13.7 Å². The molecular formula is C25H27N3O4. The number of rotatable bonds is 8. The number of benzene rings is 2. The number of aromatic nitrogens is 1. The highest BCUT2D eigenvalue weighted by molar-refractivity contribution is 5.99. The van der Waals surface area contributed by atoms with Gasteiger partial charge in [-0.3, -0.25) is 14.6 Å². The zero-order valence-corrected chi connectivity index (χ0v) is 18.7. The van der Waals surface area contributed by atoms with Crippen LogP contribution in [0.1, 0.15) is 27.0 Å². The standard InChI is InChI=1S/C25H27N3O4/c1-17-11-20(12-18(2)24(17)32-16-19-7-6-10-26-14-19)25(30)28(3)15-23(29)27-21-8-5-9-22(13-21)31-4/h5-14H,15-16H2,1-4H3,(H,27,29). The minimum Gasteiger partial charge on any atom is -0.497 e. The van der Waals surface area contributed by atoms with Gasteiger partial charge in [0.2, 0.25) is 5.91 Å². The van der Waals surface area contributed by atoms with E-state index in [0.717, 1.165) is 22.4 Å². The molecule has 3 rings (SSSR count). The number of nitrogens with one attached hydrogen (secondary N) is 1. The third-order valence-corrected chi connectivity index (χ3v) is 4.89. The Morgan fingerprint density at radius 3 is 2.47 bits per heavy atom. The molecule has 3 aromatic rings. The molecule has 1 N–H and O–H groups in total. The fourth-order valence-electron chi connectivity index (χ4n) is 3.35. The molecule has 0 aliphatic heterocycles. The average molecular weight is 434 g/mol. The molecule has 2 aromatic carbocycles. The first-order valence-electron chi connectivity index (χ1n) is 10.2. The number of amides is 2. The topological polar surface area (TPSA) is 80.8 Å². The van der Waals surface area contributed by atoms with Crippen LogP contribution in [0.3, 0.4) is 0 Å². The molecule has 0 atom stereocenters. The van der Waals surface area contributed by atoms with Gasteiger partial charge in [-0.2, -0.15) is 0 Å². The lowest BCUT2D eigenvalue weighted by Gasteiger charge is -2.19. The lowest BCUT2D eigenvalue weighted by molar-refractivity contribution is -0.116. The van der Waals surface area contributed by atoms with E-state index in [0.29, 0.717) is 23.6 Å². The van der Waals surface area contributed by atoms with Crippen molar-refractivity contribution in [1.29, 1.82) is 0 Å². The Kier molecular flexibility index (Phi) is 7.44. The molecule has 0 fully saturated rings. The Morgan fingerprint density at radius 1 is 1.06 bits per heavy atom. The molecule has 1 aromatic heterocycles. The summed E-state index contributed by atoms with van der Waals surface area (Å²) in [6.07, 6.45) is 3.47. The van der Waals surface area contributed by atoms with Crippen LogP contribution >= 0.6 is 0 Å². The van der Waals surface area contributed by atoms with Crippen LogP contribution in [-0.4, -0.2) is 42.4 Å². The van der Waals surface area contributed by atoms with E-state index in [1.807, 2.05) is 26.0 Å². The van der Waals surface area contributed by atoms with E-state index < -0.39 is 0 Å². The number of pyridine rings is 1. The van der Waals surface area contributed by atoms with E-state index >= 15 is 0 Å². The second-order valence-electron chi connectivity index (χ2n) is 7.53. The smallest absolute Gasteiger partial charge is 0.254 e. The van der Waals surface area contributed by atoms with E-state index in [1.54, 1.807) is 62.9 Å². The van der Waals surface area contributed by atoms with Gasteiger partial charge in [-0.25, -0.2) is 0 Å². The molecule has 0 radical (unpaired) electrons. The van der Waals surface area contributed by atoms with Crippen LogP contribution in [0, 0.1) is 13.8 Å². The summed E-state index contributed by atoms with van der Waals surface area (Å²) in [5.41, 5.74) is 3.79. The van der Waals surface area contributed by atoms with E-state index in [4.69, 9.17) is 9.47 Å². The molecule has 0 saturated carbocycles. The van der Waals surface area contributed by atoms with Crippen molar-refractivity contribution in [2.45, 2.75) is 20.5 Å². The number of methoxy groups -OCH3 is 1. The molecule has 166 valence electrons. The number of ether oxygens (including phenoxy) is 2. The Hall–Kier alpha value is -3.87. The van der Waals surface area contributed by atoms with E-state index in [-0.39, 0.29) is 18.4 Å². The highest BCUT2D eigenvalue weighted by atomic mass is 16.5. The summed E-state index contributed by atoms with van der Waals surface area (Å²) in [6.45, 7) is 4.12. The van der Waals surface area contributed by atoms with Gasteiger partial charge in [0.15, 0.2) is 0 Å². The summed E-state index contributed by atoms with van der Waals surface area (Å²) in [4.78, 5) is 30.8. The van der Waals surface area contributed by atoms with Crippen LogP contribution in [0.4, 0.5) is 5.69 Å². The zero-order valence-electron chi connectivity index (χ0n) is 18.7. The molecule has 32 heavy (non-hydrogen) atoms. The molecule has 0 aliphatic rings. The Labute approximate surface area is 188 Å². The second kappa shape index (κ2) is 10.4. The Balaban J connectivity index is 1.63. The van der Waals surface area contributed by atoms with Crippen molar-refractivity contribution in [3.63, 3.8) is 0 Å². The van der Waals surface area contributed by atoms with Gasteiger partial charge in [-0.05, 0) is 55.3 Å². The lowest BCUT2D eigenvalue weighted by Crippen LogP contribution is -2.35. The van der Waals surface area contributed by atoms with Crippen LogP contribution in [0.5, 0.6) is 11.5 Å². The summed E-state index contributed by atoms with van der Waals surface area (Å²) in [6, 6.07) is 14.4. The van der Waals surface area contributed by atoms with Crippen LogP contribution < -0.4 is 14.8 Å². The number of aryl methyl sites for hydroxylation is 2. The van der Waals surface area contributed by atoms with Crippen molar-refractivity contribution in [1.82, 2.24) is 9.88 Å². The predicted octanol–water partition coefficient (Wildman–Crippen LogP) is 4.00. The molecule has 0 saturated heterocycles. The number of likely N-dealkylation sites (N-methyl/N-ethyl adjacent to an activating group) is 1. The normalized spacial score (nSPS) is 10.4. The number of carbonyl (C=O) groups excluding carboxylic acids is 2. The SMILES string of the molecule is COc1cccc(NC(=O)CN(C)C(=O)c2cc(C)c(OCc3cccnc3)c(C)c2)c1. The maximum Gasteiger partial charge on any atom is 0.254 e. The van der Waals surface area contributed by atoms with Crippen LogP contribution in [-0.2, 0) is 11.4 Å². The third-order valence-electron chi connectivity index (χ3n) is 4.89. The second-order valence-corrected chi connectivity index (χ2v) is 7.53. The van der Waals surface area contributed by atoms with Gasteiger partial charge in [0.1, 0.15) is 18.1 Å². The van der Waals surface area contributed by atoms with Gasteiger partial charge < -0.3 is 19.7 Å². The van der Waals surface area contributed by atoms with Gasteiger partial charge in [0.25, 0.3) is 5.91 Å². The highest BCUT2D eigenvalue weighted by Gasteiger charge is 2.18. The van der Waals surface area contributed by atoms with Crippen molar-refractivity contribution >= 4 is 17.5 Å². The molecule has 1 heterocycles. The molecule has 7 heteroatoms. The van der Waals surface area contributed by atoms with Crippen molar-refractivity contribution in [2.75, 3.05) is 26.0 Å².